The zero-order chi connectivity index (χ0) is 18.4. The first-order chi connectivity index (χ1) is 11.9. The lowest BCUT2D eigenvalue weighted by atomic mass is 10.0. The van der Waals surface area contributed by atoms with Crippen LogP contribution in [0.2, 0.25) is 0 Å². The van der Waals surface area contributed by atoms with E-state index in [1.165, 1.54) is 5.56 Å². The van der Waals surface area contributed by atoms with E-state index in [1.54, 1.807) is 11.3 Å². The van der Waals surface area contributed by atoms with Crippen molar-refractivity contribution in [1.82, 2.24) is 4.98 Å². The van der Waals surface area contributed by atoms with Gasteiger partial charge in [-0.25, -0.2) is 4.98 Å². The number of hydrogen-bond acceptors (Lipinski definition) is 4. The van der Waals surface area contributed by atoms with Crippen LogP contribution in [0.15, 0.2) is 29.6 Å². The van der Waals surface area contributed by atoms with Crippen molar-refractivity contribution in [3.63, 3.8) is 0 Å². The molecule has 2 aromatic rings. The zero-order valence-electron chi connectivity index (χ0n) is 15.9. The number of benzene rings is 1. The van der Waals surface area contributed by atoms with Crippen LogP contribution in [0.1, 0.15) is 52.0 Å². The average Bonchev–Trinajstić information content (AvgIpc) is 3.04. The van der Waals surface area contributed by atoms with E-state index in [0.717, 1.165) is 29.4 Å². The molecule has 0 atom stereocenters. The highest BCUT2D eigenvalue weighted by Gasteiger charge is 2.14. The van der Waals surface area contributed by atoms with E-state index in [0.29, 0.717) is 18.4 Å². The van der Waals surface area contributed by atoms with Crippen LogP contribution in [0.25, 0.3) is 11.3 Å². The molecule has 144 valence electrons. The van der Waals surface area contributed by atoms with Gasteiger partial charge in [-0.3, -0.25) is 4.79 Å². The fourth-order valence-corrected chi connectivity index (χ4v) is 3.42. The lowest BCUT2D eigenvalue weighted by Gasteiger charge is -2.22. The van der Waals surface area contributed by atoms with Crippen LogP contribution in [-0.4, -0.2) is 29.1 Å². The van der Waals surface area contributed by atoms with E-state index in [4.69, 9.17) is 10.1 Å². The van der Waals surface area contributed by atoms with Gasteiger partial charge in [0.05, 0.1) is 12.1 Å². The monoisotopic (exact) mass is 396 g/mol. The molecule has 1 aromatic carbocycles. The Balaban J connectivity index is 0.00000338. The van der Waals surface area contributed by atoms with Crippen LogP contribution < -0.4 is 4.90 Å². The van der Waals surface area contributed by atoms with Crippen LogP contribution in [0.3, 0.4) is 0 Å². The summed E-state index contributed by atoms with van der Waals surface area (Å²) < 4.78 is 0. The highest BCUT2D eigenvalue weighted by Crippen LogP contribution is 2.29. The average molecular weight is 397 g/mol. The van der Waals surface area contributed by atoms with Crippen molar-refractivity contribution >= 4 is 34.8 Å². The second-order valence-electron chi connectivity index (χ2n) is 7.11. The molecule has 1 heterocycles. The van der Waals surface area contributed by atoms with Crippen molar-refractivity contribution < 1.29 is 9.90 Å². The van der Waals surface area contributed by atoms with E-state index in [1.807, 2.05) is 0 Å². The number of anilines is 1. The maximum absolute atomic E-state index is 10.9. The first kappa shape index (κ1) is 22.5. The second kappa shape index (κ2) is 10.5. The van der Waals surface area contributed by atoms with Crippen molar-refractivity contribution in [1.29, 1.82) is 0 Å². The molecular formula is C20H29ClN2O2S. The maximum atomic E-state index is 10.9. The Labute approximate surface area is 166 Å². The Morgan fingerprint density at radius 3 is 2.35 bits per heavy atom. The molecule has 0 spiro atoms. The molecule has 0 aliphatic carbocycles. The molecule has 0 aliphatic heterocycles. The van der Waals surface area contributed by atoms with Crippen LogP contribution in [0.5, 0.6) is 0 Å². The van der Waals surface area contributed by atoms with Gasteiger partial charge in [0.1, 0.15) is 0 Å². The maximum Gasteiger partial charge on any atom is 0.305 e. The number of halogens is 1. The van der Waals surface area contributed by atoms with Gasteiger partial charge in [-0.2, -0.15) is 0 Å². The van der Waals surface area contributed by atoms with E-state index in [-0.39, 0.29) is 18.8 Å². The zero-order valence-corrected chi connectivity index (χ0v) is 17.6. The van der Waals surface area contributed by atoms with Crippen LogP contribution in [-0.2, 0) is 4.79 Å². The lowest BCUT2D eigenvalue weighted by molar-refractivity contribution is -0.136. The minimum atomic E-state index is -0.768. The van der Waals surface area contributed by atoms with Gasteiger partial charge in [0, 0.05) is 24.0 Å². The summed E-state index contributed by atoms with van der Waals surface area (Å²) in [7, 11) is 0. The summed E-state index contributed by atoms with van der Waals surface area (Å²) in [4.78, 5) is 17.8. The number of thiazole rings is 1. The van der Waals surface area contributed by atoms with Crippen molar-refractivity contribution in [2.75, 3.05) is 18.0 Å². The molecular weight excluding hydrogens is 368 g/mol. The molecule has 6 heteroatoms. The van der Waals surface area contributed by atoms with Crippen LogP contribution in [0, 0.1) is 5.92 Å². The molecule has 0 saturated carbocycles. The number of hydrogen-bond donors (Lipinski definition) is 1. The van der Waals surface area contributed by atoms with Gasteiger partial charge in [-0.15, -0.1) is 23.7 Å². The molecule has 2 rings (SSSR count). The molecule has 0 saturated heterocycles. The second-order valence-corrected chi connectivity index (χ2v) is 7.94. The highest BCUT2D eigenvalue weighted by atomic mass is 35.5. The van der Waals surface area contributed by atoms with Gasteiger partial charge in [0.15, 0.2) is 5.13 Å². The Morgan fingerprint density at radius 1 is 1.15 bits per heavy atom. The number of rotatable bonds is 9. The summed E-state index contributed by atoms with van der Waals surface area (Å²) in [6.07, 6.45) is 1.16. The van der Waals surface area contributed by atoms with Crippen molar-refractivity contribution in [2.24, 2.45) is 5.92 Å². The van der Waals surface area contributed by atoms with Gasteiger partial charge in [0.25, 0.3) is 0 Å². The first-order valence-electron chi connectivity index (χ1n) is 8.89. The standard InChI is InChI=1S/C20H28N2O2S.ClH/c1-14(2)9-11-22(12-10-19(23)24)20-21-18(13-25-20)17-7-5-16(6-8-17)15(3)4;/h5-8,13-15H,9-12H2,1-4H3,(H,23,24);1H. The smallest absolute Gasteiger partial charge is 0.305 e. The van der Waals surface area contributed by atoms with Gasteiger partial charge in [-0.1, -0.05) is 52.0 Å². The minimum Gasteiger partial charge on any atom is -0.481 e. The summed E-state index contributed by atoms with van der Waals surface area (Å²) in [5, 5.41) is 12.0. The Morgan fingerprint density at radius 2 is 1.81 bits per heavy atom. The first-order valence-corrected chi connectivity index (χ1v) is 9.77. The molecule has 26 heavy (non-hydrogen) atoms. The Bertz CT molecular complexity index is 683. The van der Waals surface area contributed by atoms with E-state index < -0.39 is 5.97 Å². The highest BCUT2D eigenvalue weighted by molar-refractivity contribution is 7.14. The third kappa shape index (κ3) is 6.61. The third-order valence-corrected chi connectivity index (χ3v) is 5.11. The van der Waals surface area contributed by atoms with Gasteiger partial charge >= 0.3 is 5.97 Å². The normalized spacial score (nSPS) is 10.8. The van der Waals surface area contributed by atoms with Crippen molar-refractivity contribution in [3.05, 3.63) is 35.2 Å². The van der Waals surface area contributed by atoms with Gasteiger partial charge in [-0.05, 0) is 23.8 Å². The molecule has 0 unspecified atom stereocenters. The van der Waals surface area contributed by atoms with Crippen molar-refractivity contribution in [2.45, 2.75) is 46.5 Å². The number of aliphatic carboxylic acids is 1. The van der Waals surface area contributed by atoms with E-state index in [9.17, 15) is 4.79 Å². The summed E-state index contributed by atoms with van der Waals surface area (Å²) in [5.74, 6) is 0.327. The molecule has 0 amide bonds. The molecule has 4 nitrogen and oxygen atoms in total. The lowest BCUT2D eigenvalue weighted by Crippen LogP contribution is -2.28. The Kier molecular flexibility index (Phi) is 9.09. The predicted octanol–water partition coefficient (Wildman–Crippen LogP) is 5.68. The van der Waals surface area contributed by atoms with Gasteiger partial charge in [0.2, 0.25) is 0 Å². The number of nitrogens with zero attached hydrogens (tertiary/aromatic N) is 2. The molecule has 1 aromatic heterocycles. The molecule has 0 aliphatic rings. The summed E-state index contributed by atoms with van der Waals surface area (Å²) in [5.41, 5.74) is 3.38. The summed E-state index contributed by atoms with van der Waals surface area (Å²) in [6.45, 7) is 10.1. The van der Waals surface area contributed by atoms with Crippen LogP contribution >= 0.6 is 23.7 Å². The largest absolute Gasteiger partial charge is 0.481 e. The SMILES string of the molecule is CC(C)CCN(CCC(=O)O)c1nc(-c2ccc(C(C)C)cc2)cs1.Cl. The Hall–Kier alpha value is -1.59. The number of carboxylic acid groups (broad SMARTS) is 1. The predicted molar refractivity (Wildman–Crippen MR) is 113 cm³/mol. The molecule has 0 radical (unpaired) electrons. The third-order valence-electron chi connectivity index (χ3n) is 4.21. The molecule has 1 N–H and O–H groups in total. The fraction of sp³-hybridized carbons (Fsp3) is 0.500. The molecule has 0 fully saturated rings. The van der Waals surface area contributed by atoms with E-state index in [2.05, 4.69) is 62.2 Å². The summed E-state index contributed by atoms with van der Waals surface area (Å²) in [6, 6.07) is 8.54. The minimum absolute atomic E-state index is 0. The van der Waals surface area contributed by atoms with Crippen molar-refractivity contribution in [3.8, 4) is 11.3 Å². The van der Waals surface area contributed by atoms with Gasteiger partial charge < -0.3 is 10.0 Å². The number of aromatic nitrogens is 1. The van der Waals surface area contributed by atoms with E-state index >= 15 is 0 Å². The fourth-order valence-electron chi connectivity index (χ4n) is 2.53. The quantitative estimate of drug-likeness (QED) is 0.592. The van der Waals surface area contributed by atoms with Crippen LogP contribution in [0.4, 0.5) is 5.13 Å². The number of carboxylic acids is 1. The summed E-state index contributed by atoms with van der Waals surface area (Å²) >= 11 is 1.59. The molecule has 0 bridgehead atoms. The number of carbonyl (C=O) groups is 1. The topological polar surface area (TPSA) is 53.4 Å².